The molecular weight excluding hydrogens is 457 g/mol. The number of nitrogens with zero attached hydrogens (tertiary/aromatic N) is 4. The molecule has 2 rings (SSSR count). The third kappa shape index (κ3) is 6.50. The number of hydrogen-bond acceptors (Lipinski definition) is 6. The van der Waals surface area contributed by atoms with Crippen LogP contribution < -0.4 is 11.2 Å². The van der Waals surface area contributed by atoms with E-state index < -0.39 is 28.6 Å². The molecule has 0 saturated carbocycles. The minimum Gasteiger partial charge on any atom is -0.336 e. The Balaban J connectivity index is 1.93. The molecule has 0 spiro atoms. The maximum Gasteiger partial charge on any atom is 0.417 e. The topological polar surface area (TPSA) is 106 Å². The van der Waals surface area contributed by atoms with E-state index in [9.17, 15) is 22.8 Å². The summed E-state index contributed by atoms with van der Waals surface area (Å²) in [4.78, 5) is 25.6. The number of benzene rings is 1. The fourth-order valence-corrected chi connectivity index (χ4v) is 3.47. The Morgan fingerprint density at radius 2 is 1.90 bits per heavy atom. The molecule has 3 N–H and O–H groups in total. The highest BCUT2D eigenvalue weighted by Gasteiger charge is 2.33. The third-order valence-electron chi connectivity index (χ3n) is 4.02. The molecule has 0 atom stereocenters. The number of thioether (sulfide) groups is 1. The van der Waals surface area contributed by atoms with Crippen LogP contribution in [0.3, 0.4) is 0 Å². The van der Waals surface area contributed by atoms with Crippen LogP contribution in [-0.2, 0) is 21.2 Å². The zero-order valence-electron chi connectivity index (χ0n) is 17.2. The lowest BCUT2D eigenvalue weighted by molar-refractivity contribution is -0.137. The number of halogens is 4. The van der Waals surface area contributed by atoms with Crippen molar-refractivity contribution >= 4 is 40.9 Å². The summed E-state index contributed by atoms with van der Waals surface area (Å²) in [6, 6.07) is 3.02. The van der Waals surface area contributed by atoms with Crippen molar-refractivity contribution in [1.82, 2.24) is 19.8 Å². The van der Waals surface area contributed by atoms with Crippen LogP contribution in [0.1, 0.15) is 32.2 Å². The average molecular weight is 479 g/mol. The van der Waals surface area contributed by atoms with Crippen molar-refractivity contribution in [2.24, 2.45) is 0 Å². The van der Waals surface area contributed by atoms with Crippen LogP contribution >= 0.6 is 23.4 Å². The smallest absolute Gasteiger partial charge is 0.336 e. The Kier molecular flexibility index (Phi) is 7.48. The van der Waals surface area contributed by atoms with E-state index in [1.54, 1.807) is 0 Å². The summed E-state index contributed by atoms with van der Waals surface area (Å²) < 4.78 is 40.1. The molecular formula is C18H22ClF3N6O2S. The molecule has 8 nitrogen and oxygen atoms in total. The van der Waals surface area contributed by atoms with Gasteiger partial charge >= 0.3 is 6.18 Å². The van der Waals surface area contributed by atoms with Crippen molar-refractivity contribution in [3.63, 3.8) is 0 Å². The van der Waals surface area contributed by atoms with Crippen LogP contribution in [0.2, 0.25) is 5.02 Å². The Morgan fingerprint density at radius 1 is 1.26 bits per heavy atom. The highest BCUT2D eigenvalue weighted by Crippen LogP contribution is 2.36. The van der Waals surface area contributed by atoms with Gasteiger partial charge in [-0.15, -0.1) is 10.2 Å². The van der Waals surface area contributed by atoms with Gasteiger partial charge in [0.15, 0.2) is 5.82 Å². The van der Waals surface area contributed by atoms with Gasteiger partial charge < -0.3 is 16.1 Å². The van der Waals surface area contributed by atoms with Gasteiger partial charge in [-0.1, -0.05) is 44.1 Å². The molecule has 31 heavy (non-hydrogen) atoms. The minimum absolute atomic E-state index is 0.0532. The Morgan fingerprint density at radius 3 is 2.45 bits per heavy atom. The maximum absolute atomic E-state index is 12.9. The fourth-order valence-electron chi connectivity index (χ4n) is 2.45. The van der Waals surface area contributed by atoms with E-state index >= 15 is 0 Å². The second-order valence-corrected chi connectivity index (χ2v) is 9.05. The zero-order chi connectivity index (χ0) is 23.6. The SMILES string of the molecule is CN(CC(=O)Nc1ccc(Cl)c(C(F)(F)F)c1)C(=O)CSc1nnc(C(C)(C)C)n1N. The number of carbonyl (C=O) groups is 2. The monoisotopic (exact) mass is 478 g/mol. The lowest BCUT2D eigenvalue weighted by Crippen LogP contribution is -2.36. The Hall–Kier alpha value is -2.47. The van der Waals surface area contributed by atoms with Crippen molar-refractivity contribution in [2.45, 2.75) is 37.5 Å². The highest BCUT2D eigenvalue weighted by atomic mass is 35.5. The van der Waals surface area contributed by atoms with Gasteiger partial charge in [-0.2, -0.15) is 13.2 Å². The predicted octanol–water partition coefficient (Wildman–Crippen LogP) is 3.15. The molecule has 13 heteroatoms. The van der Waals surface area contributed by atoms with Crippen molar-refractivity contribution in [3.05, 3.63) is 34.6 Å². The van der Waals surface area contributed by atoms with Crippen LogP contribution in [0.4, 0.5) is 18.9 Å². The second kappa shape index (κ2) is 9.35. The molecule has 1 heterocycles. The molecule has 0 radical (unpaired) electrons. The lowest BCUT2D eigenvalue weighted by Gasteiger charge is -2.18. The van der Waals surface area contributed by atoms with E-state index in [4.69, 9.17) is 17.4 Å². The van der Waals surface area contributed by atoms with E-state index in [-0.39, 0.29) is 23.4 Å². The third-order valence-corrected chi connectivity index (χ3v) is 5.28. The van der Waals surface area contributed by atoms with Gasteiger partial charge in [-0.25, -0.2) is 4.68 Å². The van der Waals surface area contributed by atoms with Gasteiger partial charge in [0.2, 0.25) is 17.0 Å². The van der Waals surface area contributed by atoms with Crippen LogP contribution in [0, 0.1) is 0 Å². The molecule has 2 aromatic rings. The maximum atomic E-state index is 12.9. The van der Waals surface area contributed by atoms with Crippen LogP contribution in [0.25, 0.3) is 0 Å². The zero-order valence-corrected chi connectivity index (χ0v) is 18.8. The highest BCUT2D eigenvalue weighted by molar-refractivity contribution is 7.99. The molecule has 0 aliphatic heterocycles. The number of nitrogens with one attached hydrogen (secondary N) is 1. The summed E-state index contributed by atoms with van der Waals surface area (Å²) in [5.41, 5.74) is -1.47. The van der Waals surface area contributed by atoms with Gasteiger partial charge in [0, 0.05) is 18.2 Å². The number of carbonyl (C=O) groups excluding carboxylic acids is 2. The van der Waals surface area contributed by atoms with Crippen molar-refractivity contribution in [1.29, 1.82) is 0 Å². The van der Waals surface area contributed by atoms with Gasteiger partial charge in [0.25, 0.3) is 0 Å². The number of nitrogens with two attached hydrogens (primary N) is 1. The molecule has 1 aromatic heterocycles. The molecule has 0 saturated heterocycles. The summed E-state index contributed by atoms with van der Waals surface area (Å²) in [5.74, 6) is 5.41. The Labute approximate surface area is 186 Å². The predicted molar refractivity (Wildman–Crippen MR) is 112 cm³/mol. The quantitative estimate of drug-likeness (QED) is 0.488. The van der Waals surface area contributed by atoms with Crippen molar-refractivity contribution in [3.8, 4) is 0 Å². The van der Waals surface area contributed by atoms with Crippen molar-refractivity contribution < 1.29 is 22.8 Å². The standard InChI is InChI=1S/C18H22ClF3N6O2S/c1-17(2,3)15-25-26-16(28(15)23)31-9-14(30)27(4)8-13(29)24-10-5-6-12(19)11(7-10)18(20,21)22/h5-7H,8-9,23H2,1-4H3,(H,24,29). The summed E-state index contributed by atoms with van der Waals surface area (Å²) in [7, 11) is 1.40. The number of alkyl halides is 3. The molecule has 0 fully saturated rings. The number of nitrogen functional groups attached to an aromatic ring is 1. The van der Waals surface area contributed by atoms with Crippen LogP contribution in [-0.4, -0.2) is 50.9 Å². The minimum atomic E-state index is -4.65. The molecule has 170 valence electrons. The first-order valence-electron chi connectivity index (χ1n) is 8.94. The van der Waals surface area contributed by atoms with Crippen molar-refractivity contribution in [2.75, 3.05) is 30.5 Å². The number of anilines is 1. The first-order valence-corrected chi connectivity index (χ1v) is 10.3. The molecule has 2 amide bonds. The summed E-state index contributed by atoms with van der Waals surface area (Å²) in [6.45, 7) is 5.41. The molecule has 0 aliphatic rings. The van der Waals surface area contributed by atoms with E-state index in [1.807, 2.05) is 20.8 Å². The summed E-state index contributed by atoms with van der Waals surface area (Å²) in [6.07, 6.45) is -4.65. The van der Waals surface area contributed by atoms with Gasteiger partial charge in [0.05, 0.1) is 22.9 Å². The van der Waals surface area contributed by atoms with Crippen LogP contribution in [0.5, 0.6) is 0 Å². The molecule has 0 unspecified atom stereocenters. The Bertz CT molecular complexity index is 974. The number of amides is 2. The van der Waals surface area contributed by atoms with E-state index in [2.05, 4.69) is 15.5 Å². The first kappa shape index (κ1) is 24.8. The normalized spacial score (nSPS) is 12.0. The van der Waals surface area contributed by atoms with E-state index in [1.165, 1.54) is 17.8 Å². The first-order chi connectivity index (χ1) is 14.2. The fraction of sp³-hybridized carbons (Fsp3) is 0.444. The number of aromatic nitrogens is 3. The number of rotatable bonds is 6. The number of hydrogen-bond donors (Lipinski definition) is 2. The second-order valence-electron chi connectivity index (χ2n) is 7.71. The number of likely N-dealkylation sites (N-methyl/N-ethyl adjacent to an activating group) is 1. The molecule has 0 bridgehead atoms. The summed E-state index contributed by atoms with van der Waals surface area (Å²) in [5, 5.41) is 10.2. The van der Waals surface area contributed by atoms with Gasteiger partial charge in [-0.05, 0) is 18.2 Å². The lowest BCUT2D eigenvalue weighted by atomic mass is 9.96. The molecule has 0 aliphatic carbocycles. The van der Waals surface area contributed by atoms with Gasteiger partial charge in [-0.3, -0.25) is 9.59 Å². The van der Waals surface area contributed by atoms with Gasteiger partial charge in [0.1, 0.15) is 0 Å². The van der Waals surface area contributed by atoms with E-state index in [0.717, 1.165) is 28.8 Å². The largest absolute Gasteiger partial charge is 0.417 e. The molecule has 1 aromatic carbocycles. The van der Waals surface area contributed by atoms with Crippen LogP contribution in [0.15, 0.2) is 23.4 Å². The average Bonchev–Trinajstić information content (AvgIpc) is 3.01. The van der Waals surface area contributed by atoms with E-state index in [0.29, 0.717) is 11.0 Å². The summed E-state index contributed by atoms with van der Waals surface area (Å²) >= 11 is 6.62.